The Labute approximate surface area is 192 Å². The quantitative estimate of drug-likeness (QED) is 0.637. The molecule has 0 bridgehead atoms. The molecule has 1 N–H and O–H groups in total. The Morgan fingerprint density at radius 2 is 1.84 bits per heavy atom. The van der Waals surface area contributed by atoms with E-state index in [1.807, 2.05) is 31.5 Å². The molecule has 0 saturated carbocycles. The summed E-state index contributed by atoms with van der Waals surface area (Å²) in [7, 11) is 0. The minimum Gasteiger partial charge on any atom is -0.337 e. The molecule has 3 aromatic rings. The molecular weight excluding hydrogens is 428 g/mol. The average molecular weight is 455 g/mol. The number of amides is 3. The third kappa shape index (κ3) is 4.55. The molecule has 8 nitrogen and oxygen atoms in total. The van der Waals surface area contributed by atoms with Gasteiger partial charge in [0.05, 0.1) is 17.5 Å². The van der Waals surface area contributed by atoms with Crippen molar-refractivity contribution in [3.05, 3.63) is 52.8 Å². The van der Waals surface area contributed by atoms with Crippen molar-refractivity contribution in [1.82, 2.24) is 24.6 Å². The lowest BCUT2D eigenvalue weighted by Gasteiger charge is -2.23. The predicted octanol–water partition coefficient (Wildman–Crippen LogP) is 4.35. The molecule has 0 unspecified atom stereocenters. The van der Waals surface area contributed by atoms with Crippen molar-refractivity contribution >= 4 is 40.3 Å². The maximum Gasteiger partial charge on any atom is 0.321 e. The summed E-state index contributed by atoms with van der Waals surface area (Å²) in [6, 6.07) is 8.93. The lowest BCUT2D eigenvalue weighted by atomic mass is 10.1. The van der Waals surface area contributed by atoms with E-state index in [0.29, 0.717) is 54.6 Å². The monoisotopic (exact) mass is 454 g/mol. The summed E-state index contributed by atoms with van der Waals surface area (Å²) in [5.41, 5.74) is 2.70. The van der Waals surface area contributed by atoms with Crippen LogP contribution in [-0.2, 0) is 0 Å². The van der Waals surface area contributed by atoms with Gasteiger partial charge in [0.15, 0.2) is 5.65 Å². The maximum atomic E-state index is 13.3. The number of carbonyl (C=O) groups excluding carboxylic acids is 2. The summed E-state index contributed by atoms with van der Waals surface area (Å²) in [5.74, 6) is -0.0636. The number of fused-ring (bicyclic) bond motifs is 1. The fourth-order valence-corrected chi connectivity index (χ4v) is 4.11. The van der Waals surface area contributed by atoms with Crippen LogP contribution >= 0.6 is 11.6 Å². The highest BCUT2D eigenvalue weighted by Gasteiger charge is 2.25. The molecule has 1 saturated heterocycles. The first-order valence-corrected chi connectivity index (χ1v) is 11.2. The number of nitrogens with one attached hydrogen (secondary N) is 1. The second-order valence-corrected chi connectivity index (χ2v) is 8.73. The van der Waals surface area contributed by atoms with Crippen molar-refractivity contribution < 1.29 is 9.59 Å². The molecule has 2 aromatic heterocycles. The fourth-order valence-electron chi connectivity index (χ4n) is 3.92. The van der Waals surface area contributed by atoms with Gasteiger partial charge in [-0.15, -0.1) is 0 Å². The third-order valence-electron chi connectivity index (χ3n) is 5.63. The van der Waals surface area contributed by atoms with Gasteiger partial charge in [-0.2, -0.15) is 5.10 Å². The number of hydrogen-bond donors (Lipinski definition) is 1. The normalized spacial score (nSPS) is 14.7. The zero-order chi connectivity index (χ0) is 22.8. The Hall–Kier alpha value is -3.13. The van der Waals surface area contributed by atoms with E-state index < -0.39 is 0 Å². The molecule has 1 aromatic carbocycles. The SMILES string of the molecule is Cc1nc2c(cnn2C(C)C)cc1C(=O)N1CCCN(C(=O)Nc2cccc(Cl)c2)CC1. The number of halogens is 1. The number of hydrogen-bond acceptors (Lipinski definition) is 4. The minimum absolute atomic E-state index is 0.0636. The summed E-state index contributed by atoms with van der Waals surface area (Å²) in [6.07, 6.45) is 2.46. The number of benzene rings is 1. The van der Waals surface area contributed by atoms with Crippen molar-refractivity contribution in [3.8, 4) is 0 Å². The molecular formula is C23H27ClN6O2. The van der Waals surface area contributed by atoms with Gasteiger partial charge in [-0.05, 0) is 51.5 Å². The predicted molar refractivity (Wildman–Crippen MR) is 125 cm³/mol. The van der Waals surface area contributed by atoms with Gasteiger partial charge >= 0.3 is 6.03 Å². The molecule has 3 amide bonds. The highest BCUT2D eigenvalue weighted by atomic mass is 35.5. The largest absolute Gasteiger partial charge is 0.337 e. The van der Waals surface area contributed by atoms with Crippen LogP contribution in [0.3, 0.4) is 0 Å². The van der Waals surface area contributed by atoms with Crippen molar-refractivity contribution in [2.45, 2.75) is 33.2 Å². The molecule has 9 heteroatoms. The number of pyridine rings is 1. The van der Waals surface area contributed by atoms with E-state index in [4.69, 9.17) is 11.6 Å². The van der Waals surface area contributed by atoms with Gasteiger partial charge in [0.2, 0.25) is 0 Å². The highest BCUT2D eigenvalue weighted by Crippen LogP contribution is 2.21. The van der Waals surface area contributed by atoms with E-state index >= 15 is 0 Å². The number of anilines is 1. The van der Waals surface area contributed by atoms with Crippen molar-refractivity contribution in [3.63, 3.8) is 0 Å². The Balaban J connectivity index is 1.45. The van der Waals surface area contributed by atoms with Gasteiger partial charge in [-0.3, -0.25) is 4.79 Å². The molecule has 0 radical (unpaired) electrons. The van der Waals surface area contributed by atoms with Crippen LogP contribution in [-0.4, -0.2) is 62.7 Å². The summed E-state index contributed by atoms with van der Waals surface area (Å²) < 4.78 is 1.86. The summed E-state index contributed by atoms with van der Waals surface area (Å²) in [5, 5.41) is 8.70. The van der Waals surface area contributed by atoms with E-state index in [1.54, 1.807) is 40.3 Å². The van der Waals surface area contributed by atoms with Crippen molar-refractivity contribution in [2.24, 2.45) is 0 Å². The molecule has 0 atom stereocenters. The van der Waals surface area contributed by atoms with Gasteiger partial charge in [-0.25, -0.2) is 14.5 Å². The zero-order valence-corrected chi connectivity index (χ0v) is 19.3. The van der Waals surface area contributed by atoms with Crippen LogP contribution in [0.2, 0.25) is 5.02 Å². The van der Waals surface area contributed by atoms with Gasteiger partial charge in [0, 0.05) is 48.3 Å². The van der Waals surface area contributed by atoms with Gasteiger partial charge < -0.3 is 15.1 Å². The van der Waals surface area contributed by atoms with Crippen LogP contribution < -0.4 is 5.32 Å². The summed E-state index contributed by atoms with van der Waals surface area (Å²) in [6.45, 7) is 8.04. The standard InChI is InChI=1S/C23H27ClN6O2/c1-15(2)30-21-17(14-25-30)12-20(16(3)26-21)22(31)28-8-5-9-29(11-10-28)23(32)27-19-7-4-6-18(24)13-19/h4,6-7,12-15H,5,8-11H2,1-3H3,(H,27,32). The van der Waals surface area contributed by atoms with Crippen LogP contribution in [0.15, 0.2) is 36.5 Å². The number of aromatic nitrogens is 3. The lowest BCUT2D eigenvalue weighted by molar-refractivity contribution is 0.0761. The third-order valence-corrected chi connectivity index (χ3v) is 5.86. The number of nitrogens with zero attached hydrogens (tertiary/aromatic N) is 5. The van der Waals surface area contributed by atoms with Crippen LogP contribution in [0.5, 0.6) is 0 Å². The number of urea groups is 1. The molecule has 3 heterocycles. The minimum atomic E-state index is -0.193. The molecule has 32 heavy (non-hydrogen) atoms. The van der Waals surface area contributed by atoms with Gasteiger partial charge in [-0.1, -0.05) is 17.7 Å². The first kappa shape index (κ1) is 22.1. The second-order valence-electron chi connectivity index (χ2n) is 8.29. The second kappa shape index (κ2) is 9.16. The smallest absolute Gasteiger partial charge is 0.321 e. The molecule has 4 rings (SSSR count). The van der Waals surface area contributed by atoms with Gasteiger partial charge in [0.1, 0.15) is 0 Å². The van der Waals surface area contributed by atoms with Crippen molar-refractivity contribution in [2.75, 3.05) is 31.5 Å². The Morgan fingerprint density at radius 3 is 2.59 bits per heavy atom. The van der Waals surface area contributed by atoms with E-state index in [2.05, 4.69) is 15.4 Å². The van der Waals surface area contributed by atoms with Crippen LogP contribution in [0.25, 0.3) is 11.0 Å². The molecule has 1 aliphatic rings. The zero-order valence-electron chi connectivity index (χ0n) is 18.5. The molecule has 0 aliphatic carbocycles. The van der Waals surface area contributed by atoms with Crippen molar-refractivity contribution in [1.29, 1.82) is 0 Å². The topological polar surface area (TPSA) is 83.4 Å². The molecule has 1 fully saturated rings. The average Bonchev–Trinajstić information content (AvgIpc) is 2.99. The maximum absolute atomic E-state index is 13.3. The summed E-state index contributed by atoms with van der Waals surface area (Å²) >= 11 is 6.00. The van der Waals surface area contributed by atoms with E-state index in [-0.39, 0.29) is 18.0 Å². The first-order chi connectivity index (χ1) is 15.3. The Morgan fingerprint density at radius 1 is 1.09 bits per heavy atom. The van der Waals surface area contributed by atoms with Crippen LogP contribution in [0.1, 0.15) is 42.4 Å². The van der Waals surface area contributed by atoms with Gasteiger partial charge in [0.25, 0.3) is 5.91 Å². The molecule has 0 spiro atoms. The Bertz CT molecular complexity index is 1160. The highest BCUT2D eigenvalue weighted by molar-refractivity contribution is 6.30. The number of aryl methyl sites for hydroxylation is 1. The first-order valence-electron chi connectivity index (χ1n) is 10.8. The fraction of sp³-hybridized carbons (Fsp3) is 0.391. The van der Waals surface area contributed by atoms with Crippen LogP contribution in [0, 0.1) is 6.92 Å². The number of rotatable bonds is 3. The van der Waals surface area contributed by atoms with E-state index in [1.165, 1.54) is 0 Å². The van der Waals surface area contributed by atoms with E-state index in [9.17, 15) is 9.59 Å². The summed E-state index contributed by atoms with van der Waals surface area (Å²) in [4.78, 5) is 34.2. The van der Waals surface area contributed by atoms with E-state index in [0.717, 1.165) is 11.0 Å². The van der Waals surface area contributed by atoms with Crippen LogP contribution in [0.4, 0.5) is 10.5 Å². The number of carbonyl (C=O) groups is 2. The molecule has 1 aliphatic heterocycles. The lowest BCUT2D eigenvalue weighted by Crippen LogP contribution is -2.39. The Kier molecular flexibility index (Phi) is 6.32. The molecule has 168 valence electrons.